The van der Waals surface area contributed by atoms with E-state index in [0.29, 0.717) is 12.4 Å². The van der Waals surface area contributed by atoms with Gasteiger partial charge < -0.3 is 25.8 Å². The number of hydrogen-bond acceptors (Lipinski definition) is 8. The number of amides is 1. The van der Waals surface area contributed by atoms with Crippen molar-refractivity contribution in [3.63, 3.8) is 0 Å². The molecule has 0 radical (unpaired) electrons. The van der Waals surface area contributed by atoms with E-state index in [4.69, 9.17) is 4.74 Å². The first kappa shape index (κ1) is 25.0. The van der Waals surface area contributed by atoms with Gasteiger partial charge in [0.15, 0.2) is 5.96 Å². The van der Waals surface area contributed by atoms with Crippen LogP contribution in [0.5, 0.6) is 5.75 Å². The monoisotopic (exact) mass is 489 g/mol. The van der Waals surface area contributed by atoms with Crippen LogP contribution in [0.3, 0.4) is 0 Å². The Kier molecular flexibility index (Phi) is 8.44. The lowest BCUT2D eigenvalue weighted by molar-refractivity contribution is -0.138. The molecule has 0 aromatic heterocycles. The number of rotatable bonds is 11. The number of carbonyl (C=O) groups excluding carboxylic acids is 1. The maximum absolute atomic E-state index is 12.4. The quantitative estimate of drug-likeness (QED) is 0.299. The zero-order chi connectivity index (χ0) is 24.6. The minimum absolute atomic E-state index is 0.0138. The van der Waals surface area contributed by atoms with Crippen molar-refractivity contribution in [2.45, 2.75) is 23.9 Å². The number of aliphatic carboxylic acids is 1. The SMILES string of the molecule is CC(COc1ccc(C(=O)NCC(NS(=O)(=O)c2ccccc2)C(=O)O)cc1)NC1=NCCN1. The molecule has 1 amide bonds. The maximum Gasteiger partial charge on any atom is 0.323 e. The van der Waals surface area contributed by atoms with Crippen molar-refractivity contribution < 1.29 is 27.9 Å². The van der Waals surface area contributed by atoms with Gasteiger partial charge in [0.05, 0.1) is 17.5 Å². The first-order valence-corrected chi connectivity index (χ1v) is 12.1. The topological polar surface area (TPSA) is 158 Å². The molecule has 1 heterocycles. The van der Waals surface area contributed by atoms with Crippen LogP contribution in [0, 0.1) is 0 Å². The minimum atomic E-state index is -4.06. The van der Waals surface area contributed by atoms with Crippen molar-refractivity contribution in [3.05, 3.63) is 60.2 Å². The standard InChI is InChI=1S/C22H27N5O6S/c1-15(26-22-23-11-12-24-22)14-33-17-9-7-16(8-10-17)20(28)25-13-19(21(29)30)27-34(31,32)18-5-3-2-4-6-18/h2-10,15,19,27H,11-14H2,1H3,(H,25,28)(H,29,30)(H2,23,24,26). The number of benzene rings is 2. The molecular weight excluding hydrogens is 462 g/mol. The fourth-order valence-corrected chi connectivity index (χ4v) is 4.23. The largest absolute Gasteiger partial charge is 0.491 e. The summed E-state index contributed by atoms with van der Waals surface area (Å²) in [6.07, 6.45) is 0. The molecule has 0 aliphatic carbocycles. The second-order valence-corrected chi connectivity index (χ2v) is 9.29. The minimum Gasteiger partial charge on any atom is -0.491 e. The van der Waals surface area contributed by atoms with Crippen molar-refractivity contribution in [2.24, 2.45) is 4.99 Å². The molecule has 0 spiro atoms. The Morgan fingerprint density at radius 1 is 1.15 bits per heavy atom. The number of sulfonamides is 1. The van der Waals surface area contributed by atoms with Gasteiger partial charge in [-0.3, -0.25) is 14.6 Å². The molecule has 1 aliphatic heterocycles. The number of carbonyl (C=O) groups is 2. The van der Waals surface area contributed by atoms with Gasteiger partial charge in [-0.15, -0.1) is 0 Å². The molecule has 5 N–H and O–H groups in total. The van der Waals surface area contributed by atoms with Crippen LogP contribution in [0.2, 0.25) is 0 Å². The van der Waals surface area contributed by atoms with E-state index in [-0.39, 0.29) is 16.5 Å². The lowest BCUT2D eigenvalue weighted by Gasteiger charge is -2.17. The van der Waals surface area contributed by atoms with Crippen molar-refractivity contribution in [3.8, 4) is 5.75 Å². The van der Waals surface area contributed by atoms with Crippen molar-refractivity contribution in [1.29, 1.82) is 0 Å². The van der Waals surface area contributed by atoms with E-state index in [9.17, 15) is 23.1 Å². The van der Waals surface area contributed by atoms with Gasteiger partial charge >= 0.3 is 5.97 Å². The summed E-state index contributed by atoms with van der Waals surface area (Å²) in [5.74, 6) is -0.651. The van der Waals surface area contributed by atoms with Crippen LogP contribution in [0.15, 0.2) is 64.5 Å². The van der Waals surface area contributed by atoms with Crippen LogP contribution in [0.4, 0.5) is 0 Å². The van der Waals surface area contributed by atoms with Crippen LogP contribution < -0.4 is 25.4 Å². The van der Waals surface area contributed by atoms with Crippen molar-refractivity contribution in [1.82, 2.24) is 20.7 Å². The Balaban J connectivity index is 1.50. The Morgan fingerprint density at radius 2 is 1.85 bits per heavy atom. The summed E-state index contributed by atoms with van der Waals surface area (Å²) in [4.78, 5) is 28.1. The molecule has 12 heteroatoms. The summed E-state index contributed by atoms with van der Waals surface area (Å²) in [5, 5.41) is 18.1. The molecule has 3 rings (SSSR count). The van der Waals surface area contributed by atoms with Gasteiger partial charge in [0.2, 0.25) is 10.0 Å². The Bertz CT molecular complexity index is 1120. The highest BCUT2D eigenvalue weighted by atomic mass is 32.2. The molecule has 11 nitrogen and oxygen atoms in total. The zero-order valence-electron chi connectivity index (χ0n) is 18.5. The third kappa shape index (κ3) is 7.18. The Hall–Kier alpha value is -3.64. The average Bonchev–Trinajstić information content (AvgIpc) is 3.34. The number of carboxylic acids is 1. The van der Waals surface area contributed by atoms with Gasteiger partial charge in [0.1, 0.15) is 18.4 Å². The van der Waals surface area contributed by atoms with Gasteiger partial charge in [-0.1, -0.05) is 18.2 Å². The second-order valence-electron chi connectivity index (χ2n) is 7.57. The third-order valence-corrected chi connectivity index (χ3v) is 6.28. The number of hydrogen-bond donors (Lipinski definition) is 5. The fourth-order valence-electron chi connectivity index (χ4n) is 3.02. The van der Waals surface area contributed by atoms with Gasteiger partial charge in [0.25, 0.3) is 5.91 Å². The van der Waals surface area contributed by atoms with Crippen LogP contribution in [0.25, 0.3) is 0 Å². The lowest BCUT2D eigenvalue weighted by atomic mass is 10.2. The molecule has 2 aromatic rings. The lowest BCUT2D eigenvalue weighted by Crippen LogP contribution is -2.48. The zero-order valence-corrected chi connectivity index (χ0v) is 19.3. The summed E-state index contributed by atoms with van der Waals surface area (Å²) in [5.41, 5.74) is 0.276. The highest BCUT2D eigenvalue weighted by Crippen LogP contribution is 2.13. The number of nitrogens with zero attached hydrogens (tertiary/aromatic N) is 1. The van der Waals surface area contributed by atoms with E-state index in [1.165, 1.54) is 36.4 Å². The van der Waals surface area contributed by atoms with E-state index < -0.39 is 34.5 Å². The predicted molar refractivity (Wildman–Crippen MR) is 125 cm³/mol. The van der Waals surface area contributed by atoms with E-state index >= 15 is 0 Å². The smallest absolute Gasteiger partial charge is 0.323 e. The van der Waals surface area contributed by atoms with E-state index in [1.807, 2.05) is 6.92 Å². The number of guanidine groups is 1. The van der Waals surface area contributed by atoms with Crippen LogP contribution >= 0.6 is 0 Å². The fraction of sp³-hybridized carbons (Fsp3) is 0.318. The molecule has 0 fully saturated rings. The van der Waals surface area contributed by atoms with Crippen molar-refractivity contribution >= 4 is 27.9 Å². The Labute approximate surface area is 197 Å². The van der Waals surface area contributed by atoms with E-state index in [2.05, 4.69) is 25.7 Å². The van der Waals surface area contributed by atoms with Crippen LogP contribution in [-0.2, 0) is 14.8 Å². The van der Waals surface area contributed by atoms with Gasteiger partial charge in [-0.2, -0.15) is 4.72 Å². The van der Waals surface area contributed by atoms with E-state index in [1.54, 1.807) is 18.2 Å². The maximum atomic E-state index is 12.4. The number of ether oxygens (including phenoxy) is 1. The molecule has 34 heavy (non-hydrogen) atoms. The third-order valence-electron chi connectivity index (χ3n) is 4.79. The Morgan fingerprint density at radius 3 is 2.47 bits per heavy atom. The van der Waals surface area contributed by atoms with Crippen molar-refractivity contribution in [2.75, 3.05) is 26.2 Å². The summed E-state index contributed by atoms with van der Waals surface area (Å²) < 4.78 is 32.6. The molecule has 0 saturated carbocycles. The summed E-state index contributed by atoms with van der Waals surface area (Å²) in [6.45, 7) is 3.46. The normalized spacial score (nSPS) is 14.9. The highest BCUT2D eigenvalue weighted by Gasteiger charge is 2.26. The molecular formula is C22H27N5O6S. The first-order valence-electron chi connectivity index (χ1n) is 10.6. The number of aliphatic imine (C=N–C) groups is 1. The average molecular weight is 490 g/mol. The summed E-state index contributed by atoms with van der Waals surface area (Å²) >= 11 is 0. The number of nitrogens with one attached hydrogen (secondary N) is 4. The van der Waals surface area contributed by atoms with Gasteiger partial charge in [-0.25, -0.2) is 8.42 Å². The van der Waals surface area contributed by atoms with Gasteiger partial charge in [-0.05, 0) is 43.3 Å². The first-order chi connectivity index (χ1) is 16.2. The molecule has 0 saturated heterocycles. The second kappa shape index (κ2) is 11.5. The molecule has 2 atom stereocenters. The number of carboxylic acid groups (broad SMARTS) is 1. The molecule has 2 aromatic carbocycles. The molecule has 1 aliphatic rings. The van der Waals surface area contributed by atoms with Crippen LogP contribution in [0.1, 0.15) is 17.3 Å². The molecule has 2 unspecified atom stereocenters. The summed E-state index contributed by atoms with van der Waals surface area (Å²) in [6, 6.07) is 12.2. The van der Waals surface area contributed by atoms with Crippen LogP contribution in [-0.4, -0.2) is 69.7 Å². The molecule has 182 valence electrons. The molecule has 0 bridgehead atoms. The summed E-state index contributed by atoms with van der Waals surface area (Å²) in [7, 11) is -4.06. The predicted octanol–water partition coefficient (Wildman–Crippen LogP) is 0.164. The highest BCUT2D eigenvalue weighted by molar-refractivity contribution is 7.89. The van der Waals surface area contributed by atoms with Gasteiger partial charge in [0, 0.05) is 18.7 Å². The van der Waals surface area contributed by atoms with E-state index in [0.717, 1.165) is 19.0 Å².